The number of hydrogen-bond acceptors (Lipinski definition) is 2. The van der Waals surface area contributed by atoms with E-state index < -0.39 is 6.04 Å². The Labute approximate surface area is 188 Å². The van der Waals surface area contributed by atoms with Crippen LogP contribution in [0.15, 0.2) is 48.5 Å². The largest absolute Gasteiger partial charge is 0.354 e. The summed E-state index contributed by atoms with van der Waals surface area (Å²) in [5.41, 5.74) is 4.73. The fraction of sp³-hybridized carbons (Fsp3) is 0.481. The first-order valence-electron chi connectivity index (χ1n) is 11.3. The Kier molecular flexibility index (Phi) is 8.85. The van der Waals surface area contributed by atoms with Crippen LogP contribution in [0.5, 0.6) is 0 Å². The number of carbonyl (C=O) groups excluding carboxylic acids is 2. The summed E-state index contributed by atoms with van der Waals surface area (Å²) in [6.07, 6.45) is 1.91. The molecular formula is C27H38N2O2. The highest BCUT2D eigenvalue weighted by molar-refractivity contribution is 5.87. The van der Waals surface area contributed by atoms with Crippen LogP contribution in [0, 0.1) is 6.92 Å². The van der Waals surface area contributed by atoms with Crippen molar-refractivity contribution >= 4 is 11.8 Å². The Bertz CT molecular complexity index is 866. The van der Waals surface area contributed by atoms with Gasteiger partial charge in [-0.1, -0.05) is 76.2 Å². The summed E-state index contributed by atoms with van der Waals surface area (Å²) < 4.78 is 0. The fourth-order valence-corrected chi connectivity index (χ4v) is 3.52. The number of carbonyl (C=O) groups is 2. The molecule has 0 aliphatic rings. The minimum absolute atomic E-state index is 0.00213. The van der Waals surface area contributed by atoms with Gasteiger partial charge in [-0.05, 0) is 54.4 Å². The van der Waals surface area contributed by atoms with Gasteiger partial charge >= 0.3 is 0 Å². The second-order valence-electron chi connectivity index (χ2n) is 9.36. The molecule has 0 aliphatic carbocycles. The monoisotopic (exact) mass is 422 g/mol. The quantitative estimate of drug-likeness (QED) is 0.606. The van der Waals surface area contributed by atoms with Gasteiger partial charge in [-0.25, -0.2) is 0 Å². The number of amides is 2. The van der Waals surface area contributed by atoms with Crippen LogP contribution < -0.4 is 5.32 Å². The first kappa shape index (κ1) is 24.6. The van der Waals surface area contributed by atoms with Crippen molar-refractivity contribution in [3.05, 3.63) is 70.8 Å². The standard InChI is InChI=1S/C27H38N2O2/c1-7-18-28-26(31)21(3)29(19-23-11-9-8-10-20(23)2)25(30)17-14-22-12-15-24(16-13-22)27(4,5)6/h8-13,15-16,21H,7,14,17-19H2,1-6H3,(H,28,31)/t21-/m1/s1. The lowest BCUT2D eigenvalue weighted by Crippen LogP contribution is -2.47. The van der Waals surface area contributed by atoms with Gasteiger partial charge in [0.05, 0.1) is 0 Å². The molecule has 0 saturated carbocycles. The van der Waals surface area contributed by atoms with Crippen molar-refractivity contribution in [3.8, 4) is 0 Å². The molecule has 0 bridgehead atoms. The van der Waals surface area contributed by atoms with E-state index in [1.165, 1.54) is 5.56 Å². The molecule has 0 aromatic heterocycles. The predicted octanol–water partition coefficient (Wildman–Crippen LogP) is 5.17. The maximum Gasteiger partial charge on any atom is 0.242 e. The lowest BCUT2D eigenvalue weighted by molar-refractivity contribution is -0.140. The number of aryl methyl sites for hydroxylation is 2. The number of nitrogens with one attached hydrogen (secondary N) is 1. The van der Waals surface area contributed by atoms with Crippen molar-refractivity contribution in [3.63, 3.8) is 0 Å². The molecule has 4 heteroatoms. The summed E-state index contributed by atoms with van der Waals surface area (Å²) in [6, 6.07) is 16.0. The molecule has 4 nitrogen and oxygen atoms in total. The van der Waals surface area contributed by atoms with Crippen molar-refractivity contribution in [1.82, 2.24) is 10.2 Å². The van der Waals surface area contributed by atoms with E-state index in [1.807, 2.05) is 45.0 Å². The van der Waals surface area contributed by atoms with Gasteiger partial charge in [-0.2, -0.15) is 0 Å². The molecule has 0 fully saturated rings. The third kappa shape index (κ3) is 7.23. The molecule has 2 aromatic carbocycles. The SMILES string of the molecule is CCCNC(=O)[C@@H](C)N(Cc1ccccc1C)C(=O)CCc1ccc(C(C)(C)C)cc1. The van der Waals surface area contributed by atoms with Gasteiger partial charge < -0.3 is 10.2 Å². The van der Waals surface area contributed by atoms with E-state index in [-0.39, 0.29) is 17.2 Å². The van der Waals surface area contributed by atoms with Crippen LogP contribution in [0.2, 0.25) is 0 Å². The highest BCUT2D eigenvalue weighted by Gasteiger charge is 2.26. The van der Waals surface area contributed by atoms with Crippen molar-refractivity contribution < 1.29 is 9.59 Å². The zero-order valence-corrected chi connectivity index (χ0v) is 20.0. The molecular weight excluding hydrogens is 384 g/mol. The fourth-order valence-electron chi connectivity index (χ4n) is 3.52. The second kappa shape index (κ2) is 11.1. The van der Waals surface area contributed by atoms with Gasteiger partial charge in [-0.3, -0.25) is 9.59 Å². The molecule has 2 aromatic rings. The molecule has 0 saturated heterocycles. The molecule has 168 valence electrons. The van der Waals surface area contributed by atoms with E-state index in [0.29, 0.717) is 25.9 Å². The van der Waals surface area contributed by atoms with Gasteiger partial charge in [0.1, 0.15) is 6.04 Å². The highest BCUT2D eigenvalue weighted by atomic mass is 16.2. The lowest BCUT2D eigenvalue weighted by Gasteiger charge is -2.29. The average molecular weight is 423 g/mol. The van der Waals surface area contributed by atoms with E-state index in [0.717, 1.165) is 23.1 Å². The molecule has 31 heavy (non-hydrogen) atoms. The van der Waals surface area contributed by atoms with Crippen LogP contribution in [0.3, 0.4) is 0 Å². The number of rotatable bonds is 9. The zero-order chi connectivity index (χ0) is 23.0. The Balaban J connectivity index is 2.13. The minimum atomic E-state index is -0.512. The molecule has 0 radical (unpaired) electrons. The first-order chi connectivity index (χ1) is 14.6. The molecule has 0 spiro atoms. The minimum Gasteiger partial charge on any atom is -0.354 e. The molecule has 0 unspecified atom stereocenters. The van der Waals surface area contributed by atoms with Crippen LogP contribution >= 0.6 is 0 Å². The van der Waals surface area contributed by atoms with E-state index in [4.69, 9.17) is 0 Å². The maximum absolute atomic E-state index is 13.2. The van der Waals surface area contributed by atoms with Crippen LogP contribution in [0.4, 0.5) is 0 Å². The molecule has 1 N–H and O–H groups in total. The van der Waals surface area contributed by atoms with Gasteiger partial charge in [0.15, 0.2) is 0 Å². The van der Waals surface area contributed by atoms with Crippen LogP contribution in [0.25, 0.3) is 0 Å². The van der Waals surface area contributed by atoms with Gasteiger partial charge in [0.2, 0.25) is 11.8 Å². The van der Waals surface area contributed by atoms with E-state index in [9.17, 15) is 9.59 Å². The van der Waals surface area contributed by atoms with Crippen LogP contribution in [0.1, 0.15) is 69.7 Å². The molecule has 2 rings (SSSR count). The Morgan fingerprint density at radius 1 is 1.03 bits per heavy atom. The maximum atomic E-state index is 13.2. The molecule has 1 atom stereocenters. The zero-order valence-electron chi connectivity index (χ0n) is 20.0. The summed E-state index contributed by atoms with van der Waals surface area (Å²) in [5.74, 6) is -0.0967. The van der Waals surface area contributed by atoms with E-state index in [2.05, 4.69) is 50.4 Å². The van der Waals surface area contributed by atoms with Crippen molar-refractivity contribution in [2.24, 2.45) is 0 Å². The number of hydrogen-bond donors (Lipinski definition) is 1. The normalized spacial score (nSPS) is 12.3. The molecule has 2 amide bonds. The van der Waals surface area contributed by atoms with Crippen LogP contribution in [-0.2, 0) is 28.0 Å². The van der Waals surface area contributed by atoms with Crippen molar-refractivity contribution in [2.45, 2.75) is 78.8 Å². The van der Waals surface area contributed by atoms with E-state index in [1.54, 1.807) is 4.90 Å². The number of benzene rings is 2. The van der Waals surface area contributed by atoms with Crippen molar-refractivity contribution in [1.29, 1.82) is 0 Å². The first-order valence-corrected chi connectivity index (χ1v) is 11.3. The highest BCUT2D eigenvalue weighted by Crippen LogP contribution is 2.23. The topological polar surface area (TPSA) is 49.4 Å². The molecule has 0 heterocycles. The second-order valence-corrected chi connectivity index (χ2v) is 9.36. The smallest absolute Gasteiger partial charge is 0.242 e. The third-order valence-corrected chi connectivity index (χ3v) is 5.77. The van der Waals surface area contributed by atoms with Gasteiger partial charge in [0.25, 0.3) is 0 Å². The van der Waals surface area contributed by atoms with Crippen LogP contribution in [-0.4, -0.2) is 29.3 Å². The van der Waals surface area contributed by atoms with E-state index >= 15 is 0 Å². The Morgan fingerprint density at radius 2 is 1.68 bits per heavy atom. The average Bonchev–Trinajstić information content (AvgIpc) is 2.74. The summed E-state index contributed by atoms with van der Waals surface area (Å²) in [7, 11) is 0. The number of nitrogens with zero attached hydrogens (tertiary/aromatic N) is 1. The summed E-state index contributed by atoms with van der Waals surface area (Å²) in [4.78, 5) is 27.6. The van der Waals surface area contributed by atoms with Crippen molar-refractivity contribution in [2.75, 3.05) is 6.54 Å². The van der Waals surface area contributed by atoms with Gasteiger partial charge in [-0.15, -0.1) is 0 Å². The third-order valence-electron chi connectivity index (χ3n) is 5.77. The van der Waals surface area contributed by atoms with Gasteiger partial charge in [0, 0.05) is 19.5 Å². The summed E-state index contributed by atoms with van der Waals surface area (Å²) in [5, 5.41) is 2.93. The summed E-state index contributed by atoms with van der Waals surface area (Å²) in [6.45, 7) is 13.5. The summed E-state index contributed by atoms with van der Waals surface area (Å²) >= 11 is 0. The molecule has 0 aliphatic heterocycles. The lowest BCUT2D eigenvalue weighted by atomic mass is 9.86. The predicted molar refractivity (Wildman–Crippen MR) is 128 cm³/mol. The Morgan fingerprint density at radius 3 is 2.26 bits per heavy atom. The Hall–Kier alpha value is -2.62.